The van der Waals surface area contributed by atoms with Crippen molar-refractivity contribution in [2.24, 2.45) is 17.6 Å². The first-order valence-corrected chi connectivity index (χ1v) is 7.02. The van der Waals surface area contributed by atoms with E-state index < -0.39 is 6.04 Å². The number of rotatable bonds is 5. The number of carbonyl (C=O) groups excluding carboxylic acids is 1. The maximum atomic E-state index is 12.1. The molecule has 1 unspecified atom stereocenters. The molecular formula is C15H23ClN2O. The van der Waals surface area contributed by atoms with E-state index in [0.29, 0.717) is 5.02 Å². The van der Waals surface area contributed by atoms with Gasteiger partial charge in [0.15, 0.2) is 0 Å². The standard InChI is InChI=1S/C15H23ClN2O/c1-9(2)13(17)15(19)18-14(10(3)4)11-5-7-12(16)8-6-11/h5-10,13-14H,17H2,1-4H3,(H,18,19)/t13-,14?/m1/s1. The number of hydrogen-bond acceptors (Lipinski definition) is 2. The summed E-state index contributed by atoms with van der Waals surface area (Å²) < 4.78 is 0. The van der Waals surface area contributed by atoms with Crippen molar-refractivity contribution in [3.05, 3.63) is 34.9 Å². The Hall–Kier alpha value is -1.06. The number of carbonyl (C=O) groups is 1. The molecule has 0 saturated heterocycles. The summed E-state index contributed by atoms with van der Waals surface area (Å²) in [5.41, 5.74) is 6.92. The summed E-state index contributed by atoms with van der Waals surface area (Å²) in [5.74, 6) is 0.297. The Labute approximate surface area is 120 Å². The molecular weight excluding hydrogens is 260 g/mol. The van der Waals surface area contributed by atoms with Crippen LogP contribution >= 0.6 is 11.6 Å². The van der Waals surface area contributed by atoms with Crippen LogP contribution in [0.15, 0.2) is 24.3 Å². The van der Waals surface area contributed by atoms with Gasteiger partial charge in [-0.1, -0.05) is 51.4 Å². The third-order valence-corrected chi connectivity index (χ3v) is 3.47. The zero-order valence-electron chi connectivity index (χ0n) is 12.0. The van der Waals surface area contributed by atoms with Gasteiger partial charge in [0, 0.05) is 5.02 Å². The number of benzene rings is 1. The number of hydrogen-bond donors (Lipinski definition) is 2. The zero-order chi connectivity index (χ0) is 14.6. The summed E-state index contributed by atoms with van der Waals surface area (Å²) in [4.78, 5) is 12.1. The van der Waals surface area contributed by atoms with Crippen LogP contribution < -0.4 is 11.1 Å². The average Bonchev–Trinajstić information content (AvgIpc) is 2.35. The lowest BCUT2D eigenvalue weighted by Gasteiger charge is -2.25. The van der Waals surface area contributed by atoms with Gasteiger partial charge in [0.25, 0.3) is 0 Å². The van der Waals surface area contributed by atoms with Crippen molar-refractivity contribution in [1.82, 2.24) is 5.32 Å². The predicted octanol–water partition coefficient (Wildman–Crippen LogP) is 3.14. The van der Waals surface area contributed by atoms with Crippen molar-refractivity contribution in [1.29, 1.82) is 0 Å². The number of nitrogens with two attached hydrogens (primary N) is 1. The summed E-state index contributed by atoms with van der Waals surface area (Å²) in [5, 5.41) is 3.72. The fourth-order valence-electron chi connectivity index (χ4n) is 1.86. The van der Waals surface area contributed by atoms with E-state index in [1.54, 1.807) is 0 Å². The van der Waals surface area contributed by atoms with Gasteiger partial charge >= 0.3 is 0 Å². The van der Waals surface area contributed by atoms with E-state index in [1.165, 1.54) is 0 Å². The first-order valence-electron chi connectivity index (χ1n) is 6.64. The smallest absolute Gasteiger partial charge is 0.237 e. The number of halogens is 1. The molecule has 1 amide bonds. The van der Waals surface area contributed by atoms with Crippen LogP contribution in [0, 0.1) is 11.8 Å². The fraction of sp³-hybridized carbons (Fsp3) is 0.533. The summed E-state index contributed by atoms with van der Waals surface area (Å²) in [7, 11) is 0. The Bertz CT molecular complexity index is 415. The van der Waals surface area contributed by atoms with E-state index in [1.807, 2.05) is 38.1 Å². The normalized spacial score (nSPS) is 14.5. The topological polar surface area (TPSA) is 55.1 Å². The van der Waals surface area contributed by atoms with Crippen LogP contribution in [0.2, 0.25) is 5.02 Å². The van der Waals surface area contributed by atoms with Crippen molar-refractivity contribution >= 4 is 17.5 Å². The summed E-state index contributed by atoms with van der Waals surface area (Å²) in [6, 6.07) is 7.02. The summed E-state index contributed by atoms with van der Waals surface area (Å²) in [6.07, 6.45) is 0. The molecule has 1 rings (SSSR count). The highest BCUT2D eigenvalue weighted by Gasteiger charge is 2.23. The van der Waals surface area contributed by atoms with E-state index in [2.05, 4.69) is 19.2 Å². The molecule has 0 aromatic heterocycles. The van der Waals surface area contributed by atoms with E-state index in [9.17, 15) is 4.79 Å². The Balaban J connectivity index is 2.85. The molecule has 106 valence electrons. The summed E-state index contributed by atoms with van der Waals surface area (Å²) >= 11 is 5.89. The van der Waals surface area contributed by atoms with Crippen molar-refractivity contribution in [2.45, 2.75) is 39.8 Å². The van der Waals surface area contributed by atoms with Crippen LogP contribution in [-0.4, -0.2) is 11.9 Å². The molecule has 0 fully saturated rings. The Kier molecular flexibility index (Phi) is 5.83. The van der Waals surface area contributed by atoms with Crippen LogP contribution in [0.3, 0.4) is 0 Å². The molecule has 4 heteroatoms. The highest BCUT2D eigenvalue weighted by Crippen LogP contribution is 2.23. The number of amides is 1. The lowest BCUT2D eigenvalue weighted by molar-refractivity contribution is -0.124. The van der Waals surface area contributed by atoms with E-state index >= 15 is 0 Å². The van der Waals surface area contributed by atoms with Crippen molar-refractivity contribution in [2.75, 3.05) is 0 Å². The first-order chi connectivity index (χ1) is 8.82. The molecule has 3 nitrogen and oxygen atoms in total. The lowest BCUT2D eigenvalue weighted by Crippen LogP contribution is -2.46. The largest absolute Gasteiger partial charge is 0.348 e. The second-order valence-corrected chi connectivity index (χ2v) is 5.99. The SMILES string of the molecule is CC(C)C(NC(=O)[C@H](N)C(C)C)c1ccc(Cl)cc1. The van der Waals surface area contributed by atoms with Crippen LogP contribution in [-0.2, 0) is 4.79 Å². The van der Waals surface area contributed by atoms with Gasteiger partial charge < -0.3 is 11.1 Å². The molecule has 19 heavy (non-hydrogen) atoms. The van der Waals surface area contributed by atoms with Gasteiger partial charge in [0.1, 0.15) is 0 Å². The zero-order valence-corrected chi connectivity index (χ0v) is 12.7. The van der Waals surface area contributed by atoms with E-state index in [-0.39, 0.29) is 23.8 Å². The average molecular weight is 283 g/mol. The van der Waals surface area contributed by atoms with Crippen molar-refractivity contribution in [3.63, 3.8) is 0 Å². The quantitative estimate of drug-likeness (QED) is 0.872. The van der Waals surface area contributed by atoms with Gasteiger partial charge in [-0.05, 0) is 29.5 Å². The maximum Gasteiger partial charge on any atom is 0.237 e. The van der Waals surface area contributed by atoms with Gasteiger partial charge in [0.2, 0.25) is 5.91 Å². The molecule has 0 aliphatic carbocycles. The second-order valence-electron chi connectivity index (χ2n) is 5.55. The van der Waals surface area contributed by atoms with Crippen LogP contribution in [0.25, 0.3) is 0 Å². The fourth-order valence-corrected chi connectivity index (χ4v) is 1.98. The molecule has 0 saturated carbocycles. The van der Waals surface area contributed by atoms with Gasteiger partial charge in [-0.15, -0.1) is 0 Å². The molecule has 0 bridgehead atoms. The molecule has 1 aromatic rings. The van der Waals surface area contributed by atoms with Gasteiger partial charge in [-0.2, -0.15) is 0 Å². The molecule has 0 spiro atoms. The van der Waals surface area contributed by atoms with Gasteiger partial charge in [-0.25, -0.2) is 0 Å². The number of nitrogens with one attached hydrogen (secondary N) is 1. The van der Waals surface area contributed by atoms with Crippen molar-refractivity contribution in [3.8, 4) is 0 Å². The molecule has 0 heterocycles. The molecule has 3 N–H and O–H groups in total. The van der Waals surface area contributed by atoms with Crippen LogP contribution in [0.1, 0.15) is 39.3 Å². The molecule has 0 aliphatic rings. The Morgan fingerprint density at radius 1 is 1.11 bits per heavy atom. The minimum atomic E-state index is -0.478. The van der Waals surface area contributed by atoms with Crippen molar-refractivity contribution < 1.29 is 4.79 Å². The van der Waals surface area contributed by atoms with Crippen LogP contribution in [0.5, 0.6) is 0 Å². The second kappa shape index (κ2) is 6.92. The molecule has 0 radical (unpaired) electrons. The first kappa shape index (κ1) is 16.0. The van der Waals surface area contributed by atoms with Gasteiger partial charge in [0.05, 0.1) is 12.1 Å². The third-order valence-electron chi connectivity index (χ3n) is 3.21. The highest BCUT2D eigenvalue weighted by molar-refractivity contribution is 6.30. The van der Waals surface area contributed by atoms with E-state index in [4.69, 9.17) is 17.3 Å². The minimum Gasteiger partial charge on any atom is -0.348 e. The van der Waals surface area contributed by atoms with Gasteiger partial charge in [-0.3, -0.25) is 4.79 Å². The van der Waals surface area contributed by atoms with E-state index in [0.717, 1.165) is 5.56 Å². The lowest BCUT2D eigenvalue weighted by atomic mass is 9.95. The minimum absolute atomic E-state index is 0.0467. The molecule has 1 aromatic carbocycles. The monoisotopic (exact) mass is 282 g/mol. The van der Waals surface area contributed by atoms with Crippen LogP contribution in [0.4, 0.5) is 0 Å². The molecule has 2 atom stereocenters. The maximum absolute atomic E-state index is 12.1. The Morgan fingerprint density at radius 3 is 2.05 bits per heavy atom. The Morgan fingerprint density at radius 2 is 1.63 bits per heavy atom. The summed E-state index contributed by atoms with van der Waals surface area (Å²) in [6.45, 7) is 8.02. The highest BCUT2D eigenvalue weighted by atomic mass is 35.5. The predicted molar refractivity (Wildman–Crippen MR) is 80.0 cm³/mol. The molecule has 0 aliphatic heterocycles. The third kappa shape index (κ3) is 4.51.